The molecule has 0 radical (unpaired) electrons. The van der Waals surface area contributed by atoms with E-state index < -0.39 is 0 Å². The second kappa shape index (κ2) is 4.04. The quantitative estimate of drug-likeness (QED) is 0.512. The lowest BCUT2D eigenvalue weighted by atomic mass is 10.4. The highest BCUT2D eigenvalue weighted by atomic mass is 32.2. The van der Waals surface area contributed by atoms with Crippen LogP contribution < -0.4 is 0 Å². The maximum Gasteiger partial charge on any atom is 0.0513 e. The first-order valence-corrected chi connectivity index (χ1v) is 5.75. The van der Waals surface area contributed by atoms with Gasteiger partial charge in [0.25, 0.3) is 0 Å². The minimum Gasteiger partial charge on any atom is -0.165 e. The highest BCUT2D eigenvalue weighted by Crippen LogP contribution is 2.37. The lowest BCUT2D eigenvalue weighted by Gasteiger charge is -2.09. The molecule has 54 valence electrons. The van der Waals surface area contributed by atoms with E-state index in [4.69, 9.17) is 0 Å². The molecule has 0 saturated carbocycles. The first kappa shape index (κ1) is 8.15. The molecule has 0 nitrogen and oxygen atoms in total. The lowest BCUT2D eigenvalue weighted by Crippen LogP contribution is -1.93. The predicted molar refractivity (Wildman–Crippen MR) is 51.5 cm³/mol. The van der Waals surface area contributed by atoms with Crippen LogP contribution in [0.4, 0.5) is 0 Å². The summed E-state index contributed by atoms with van der Waals surface area (Å²) in [6.07, 6.45) is 2.79. The maximum absolute atomic E-state index is 4.32. The molecule has 1 aliphatic rings. The monoisotopic (exact) mass is 180 g/mol. The van der Waals surface area contributed by atoms with Gasteiger partial charge in [-0.25, -0.2) is 0 Å². The number of thiol groups is 1. The van der Waals surface area contributed by atoms with E-state index in [1.807, 2.05) is 11.8 Å². The molecule has 1 heterocycles. The molecule has 0 spiro atoms. The minimum absolute atomic E-state index is 0.514. The molecule has 2 unspecified atom stereocenters. The molecular weight excluding hydrogens is 168 g/mol. The molecule has 1 rings (SSSR count). The fourth-order valence-corrected chi connectivity index (χ4v) is 4.34. The molecule has 1 saturated heterocycles. The van der Waals surface area contributed by atoms with Gasteiger partial charge in [-0.1, -0.05) is 0 Å². The topological polar surface area (TPSA) is 0 Å². The van der Waals surface area contributed by atoms with Crippen LogP contribution >= 0.6 is 36.2 Å². The van der Waals surface area contributed by atoms with Gasteiger partial charge < -0.3 is 0 Å². The summed E-state index contributed by atoms with van der Waals surface area (Å²) in [6, 6.07) is 0. The van der Waals surface area contributed by atoms with Gasteiger partial charge in [0, 0.05) is 4.58 Å². The Morgan fingerprint density at radius 1 is 1.78 bits per heavy atom. The smallest absolute Gasteiger partial charge is 0.0513 e. The normalized spacial score (nSPS) is 30.7. The van der Waals surface area contributed by atoms with E-state index in [2.05, 4.69) is 31.3 Å². The van der Waals surface area contributed by atoms with Crippen molar-refractivity contribution >= 4 is 36.2 Å². The zero-order chi connectivity index (χ0) is 6.69. The summed E-state index contributed by atoms with van der Waals surface area (Å²) in [5.41, 5.74) is 0. The van der Waals surface area contributed by atoms with Crippen molar-refractivity contribution in [2.24, 2.45) is 0 Å². The van der Waals surface area contributed by atoms with E-state index in [0.717, 1.165) is 4.58 Å². The van der Waals surface area contributed by atoms with Gasteiger partial charge in [0.15, 0.2) is 0 Å². The summed E-state index contributed by atoms with van der Waals surface area (Å²) in [4.78, 5) is 0. The SMILES string of the molecule is CC(S)SC1CCCS1. The predicted octanol–water partition coefficient (Wildman–Crippen LogP) is 2.85. The van der Waals surface area contributed by atoms with Crippen molar-refractivity contribution in [3.05, 3.63) is 0 Å². The van der Waals surface area contributed by atoms with Gasteiger partial charge in [-0.05, 0) is 25.5 Å². The van der Waals surface area contributed by atoms with Crippen molar-refractivity contribution in [2.75, 3.05) is 5.75 Å². The molecule has 0 amide bonds. The molecule has 2 atom stereocenters. The summed E-state index contributed by atoms with van der Waals surface area (Å²) in [7, 11) is 0. The molecule has 1 aliphatic heterocycles. The van der Waals surface area contributed by atoms with Crippen molar-refractivity contribution in [2.45, 2.75) is 28.9 Å². The molecule has 0 aliphatic carbocycles. The average Bonchev–Trinajstić information content (AvgIpc) is 2.15. The van der Waals surface area contributed by atoms with Gasteiger partial charge in [-0.15, -0.1) is 23.5 Å². The summed E-state index contributed by atoms with van der Waals surface area (Å²) in [5.74, 6) is 1.36. The molecular formula is C6H12S3. The first-order valence-electron chi connectivity index (χ1n) is 3.24. The zero-order valence-electron chi connectivity index (χ0n) is 5.54. The fraction of sp³-hybridized carbons (Fsp3) is 1.00. The van der Waals surface area contributed by atoms with Crippen molar-refractivity contribution in [1.82, 2.24) is 0 Å². The minimum atomic E-state index is 0.514. The summed E-state index contributed by atoms with van der Waals surface area (Å²) >= 11 is 8.40. The van der Waals surface area contributed by atoms with Crippen molar-refractivity contribution in [3.63, 3.8) is 0 Å². The third-order valence-electron chi connectivity index (χ3n) is 1.24. The second-order valence-electron chi connectivity index (χ2n) is 2.18. The Kier molecular flexibility index (Phi) is 3.66. The summed E-state index contributed by atoms with van der Waals surface area (Å²) in [5, 5.41) is 0. The Balaban J connectivity index is 2.11. The molecule has 3 heteroatoms. The van der Waals surface area contributed by atoms with Gasteiger partial charge >= 0.3 is 0 Å². The van der Waals surface area contributed by atoms with Crippen LogP contribution in [0.15, 0.2) is 0 Å². The van der Waals surface area contributed by atoms with E-state index in [1.165, 1.54) is 18.6 Å². The van der Waals surface area contributed by atoms with Crippen LogP contribution in [-0.4, -0.2) is 14.9 Å². The molecule has 0 aromatic carbocycles. The highest BCUT2D eigenvalue weighted by molar-refractivity contribution is 8.21. The maximum atomic E-state index is 4.32. The average molecular weight is 180 g/mol. The largest absolute Gasteiger partial charge is 0.165 e. The molecule has 0 aromatic rings. The van der Waals surface area contributed by atoms with Crippen LogP contribution in [0.2, 0.25) is 0 Å². The van der Waals surface area contributed by atoms with Crippen molar-refractivity contribution in [1.29, 1.82) is 0 Å². The van der Waals surface area contributed by atoms with E-state index in [9.17, 15) is 0 Å². The standard InChI is InChI=1S/C6H12S3/c1-5(7)9-6-3-2-4-8-6/h5-7H,2-4H2,1H3. The number of hydrogen-bond acceptors (Lipinski definition) is 3. The molecule has 1 fully saturated rings. The van der Waals surface area contributed by atoms with Crippen LogP contribution in [0.25, 0.3) is 0 Å². The van der Waals surface area contributed by atoms with E-state index in [1.54, 1.807) is 0 Å². The first-order chi connectivity index (χ1) is 4.29. The van der Waals surface area contributed by atoms with Crippen LogP contribution in [0.1, 0.15) is 19.8 Å². The third-order valence-corrected chi connectivity index (χ3v) is 4.41. The molecule has 0 bridgehead atoms. The van der Waals surface area contributed by atoms with Crippen LogP contribution in [0.5, 0.6) is 0 Å². The van der Waals surface area contributed by atoms with E-state index in [0.29, 0.717) is 4.58 Å². The Morgan fingerprint density at radius 2 is 2.56 bits per heavy atom. The van der Waals surface area contributed by atoms with Crippen LogP contribution in [0.3, 0.4) is 0 Å². The summed E-state index contributed by atoms with van der Waals surface area (Å²) < 4.78 is 1.36. The lowest BCUT2D eigenvalue weighted by molar-refractivity contribution is 0.923. The van der Waals surface area contributed by atoms with Gasteiger partial charge in [0.2, 0.25) is 0 Å². The Bertz CT molecular complexity index is 76.4. The van der Waals surface area contributed by atoms with Gasteiger partial charge in [-0.3, -0.25) is 0 Å². The van der Waals surface area contributed by atoms with Gasteiger partial charge in [0.05, 0.1) is 4.58 Å². The van der Waals surface area contributed by atoms with E-state index in [-0.39, 0.29) is 0 Å². The molecule has 0 N–H and O–H groups in total. The number of rotatable bonds is 2. The number of hydrogen-bond donors (Lipinski definition) is 1. The zero-order valence-corrected chi connectivity index (χ0v) is 8.07. The number of thioether (sulfide) groups is 2. The highest BCUT2D eigenvalue weighted by Gasteiger charge is 2.16. The van der Waals surface area contributed by atoms with Gasteiger partial charge in [0.1, 0.15) is 0 Å². The summed E-state index contributed by atoms with van der Waals surface area (Å²) in [6.45, 7) is 2.15. The second-order valence-corrected chi connectivity index (χ2v) is 6.46. The van der Waals surface area contributed by atoms with Gasteiger partial charge in [-0.2, -0.15) is 12.6 Å². The Labute approximate surface area is 71.0 Å². The van der Waals surface area contributed by atoms with Crippen LogP contribution in [-0.2, 0) is 0 Å². The molecule has 9 heavy (non-hydrogen) atoms. The van der Waals surface area contributed by atoms with Crippen molar-refractivity contribution < 1.29 is 0 Å². The Hall–Kier alpha value is 1.05. The van der Waals surface area contributed by atoms with Crippen LogP contribution in [0, 0.1) is 0 Å². The third kappa shape index (κ3) is 3.10. The Morgan fingerprint density at radius 3 is 3.00 bits per heavy atom. The van der Waals surface area contributed by atoms with Crippen molar-refractivity contribution in [3.8, 4) is 0 Å². The molecule has 0 aromatic heterocycles. The fourth-order valence-electron chi connectivity index (χ4n) is 0.875. The van der Waals surface area contributed by atoms with E-state index >= 15 is 0 Å².